The van der Waals surface area contributed by atoms with Crippen LogP contribution >= 0.6 is 27.3 Å². The van der Waals surface area contributed by atoms with Crippen molar-refractivity contribution < 1.29 is 9.53 Å². The average Bonchev–Trinajstić information content (AvgIpc) is 2.52. The van der Waals surface area contributed by atoms with Crippen molar-refractivity contribution in [2.24, 2.45) is 0 Å². The molecule has 72 valence electrons. The van der Waals surface area contributed by atoms with E-state index < -0.39 is 0 Å². The third kappa shape index (κ3) is 3.46. The molecule has 1 aromatic heterocycles. The van der Waals surface area contributed by atoms with Gasteiger partial charge in [-0.1, -0.05) is 0 Å². The minimum absolute atomic E-state index is 0.0484. The molecular formula is C8H10BrNO2S. The van der Waals surface area contributed by atoms with E-state index in [1.165, 1.54) is 11.3 Å². The molecule has 0 radical (unpaired) electrons. The third-order valence-corrected chi connectivity index (χ3v) is 3.01. The summed E-state index contributed by atoms with van der Waals surface area (Å²) in [6.07, 6.45) is 0. The SMILES string of the molecule is COCCNC(=O)c1ccc(Br)s1. The molecule has 0 aliphatic heterocycles. The molecule has 1 rings (SSSR count). The van der Waals surface area contributed by atoms with Crippen molar-refractivity contribution in [3.8, 4) is 0 Å². The van der Waals surface area contributed by atoms with Gasteiger partial charge < -0.3 is 10.1 Å². The summed E-state index contributed by atoms with van der Waals surface area (Å²) in [6, 6.07) is 3.65. The molecule has 0 bridgehead atoms. The molecule has 1 amide bonds. The number of carbonyl (C=O) groups excluding carboxylic acids is 1. The molecule has 0 aromatic carbocycles. The molecule has 5 heteroatoms. The summed E-state index contributed by atoms with van der Waals surface area (Å²) in [5, 5.41) is 2.74. The maximum atomic E-state index is 11.4. The number of rotatable bonds is 4. The molecule has 0 atom stereocenters. The van der Waals surface area contributed by atoms with Crippen LogP contribution in [0.15, 0.2) is 15.9 Å². The molecule has 0 unspecified atom stereocenters. The topological polar surface area (TPSA) is 38.3 Å². The fraction of sp³-hybridized carbons (Fsp3) is 0.375. The number of methoxy groups -OCH3 is 1. The molecule has 1 aromatic rings. The first-order valence-corrected chi connectivity index (χ1v) is 5.37. The highest BCUT2D eigenvalue weighted by molar-refractivity contribution is 9.11. The smallest absolute Gasteiger partial charge is 0.261 e. The van der Waals surface area contributed by atoms with E-state index in [0.717, 1.165) is 3.79 Å². The normalized spacial score (nSPS) is 10.0. The lowest BCUT2D eigenvalue weighted by molar-refractivity contribution is 0.0941. The van der Waals surface area contributed by atoms with Crippen LogP contribution in [0.3, 0.4) is 0 Å². The number of thiophene rings is 1. The summed E-state index contributed by atoms with van der Waals surface area (Å²) in [5.74, 6) is -0.0484. The van der Waals surface area contributed by atoms with Crippen LogP contribution < -0.4 is 5.32 Å². The lowest BCUT2D eigenvalue weighted by Crippen LogP contribution is -2.26. The largest absolute Gasteiger partial charge is 0.383 e. The van der Waals surface area contributed by atoms with Crippen molar-refractivity contribution in [2.75, 3.05) is 20.3 Å². The van der Waals surface area contributed by atoms with Gasteiger partial charge in [-0.05, 0) is 28.1 Å². The van der Waals surface area contributed by atoms with E-state index in [2.05, 4.69) is 21.2 Å². The summed E-state index contributed by atoms with van der Waals surface area (Å²) in [6.45, 7) is 1.09. The monoisotopic (exact) mass is 263 g/mol. The highest BCUT2D eigenvalue weighted by Gasteiger charge is 2.06. The first-order chi connectivity index (χ1) is 6.24. The third-order valence-electron chi connectivity index (χ3n) is 1.39. The Kier molecular flexibility index (Phi) is 4.41. The van der Waals surface area contributed by atoms with Crippen LogP contribution in [0.4, 0.5) is 0 Å². The maximum absolute atomic E-state index is 11.4. The lowest BCUT2D eigenvalue weighted by Gasteiger charge is -2.01. The van der Waals surface area contributed by atoms with E-state index in [1.807, 2.05) is 6.07 Å². The van der Waals surface area contributed by atoms with E-state index in [0.29, 0.717) is 18.0 Å². The Labute approximate surface area is 89.2 Å². The molecule has 0 spiro atoms. The fourth-order valence-corrected chi connectivity index (χ4v) is 2.09. The Morgan fingerprint density at radius 3 is 3.00 bits per heavy atom. The van der Waals surface area contributed by atoms with E-state index in [1.54, 1.807) is 13.2 Å². The van der Waals surface area contributed by atoms with Crippen LogP contribution in [0.1, 0.15) is 9.67 Å². The molecule has 1 N–H and O–H groups in total. The zero-order valence-electron chi connectivity index (χ0n) is 7.17. The number of ether oxygens (including phenoxy) is 1. The number of hydrogen-bond acceptors (Lipinski definition) is 3. The Bertz CT molecular complexity index is 287. The van der Waals surface area contributed by atoms with Crippen molar-refractivity contribution in [1.29, 1.82) is 0 Å². The summed E-state index contributed by atoms with van der Waals surface area (Å²) in [7, 11) is 1.61. The minimum atomic E-state index is -0.0484. The van der Waals surface area contributed by atoms with E-state index in [4.69, 9.17) is 4.74 Å². The van der Waals surface area contributed by atoms with Gasteiger partial charge in [-0.2, -0.15) is 0 Å². The van der Waals surface area contributed by atoms with Crippen molar-refractivity contribution >= 4 is 33.2 Å². The second kappa shape index (κ2) is 5.36. The van der Waals surface area contributed by atoms with E-state index in [-0.39, 0.29) is 5.91 Å². The Balaban J connectivity index is 2.40. The number of nitrogens with one attached hydrogen (secondary N) is 1. The maximum Gasteiger partial charge on any atom is 0.261 e. The van der Waals surface area contributed by atoms with Crippen LogP contribution in [0.25, 0.3) is 0 Å². The van der Waals surface area contributed by atoms with Crippen LogP contribution in [-0.4, -0.2) is 26.2 Å². The molecule has 0 saturated carbocycles. The van der Waals surface area contributed by atoms with Gasteiger partial charge in [0.15, 0.2) is 0 Å². The molecular weight excluding hydrogens is 254 g/mol. The predicted molar refractivity (Wildman–Crippen MR) is 56.2 cm³/mol. The highest BCUT2D eigenvalue weighted by atomic mass is 79.9. The number of halogens is 1. The van der Waals surface area contributed by atoms with Crippen molar-refractivity contribution in [2.45, 2.75) is 0 Å². The van der Waals surface area contributed by atoms with Gasteiger partial charge in [0.2, 0.25) is 0 Å². The van der Waals surface area contributed by atoms with Gasteiger partial charge in [0.1, 0.15) is 0 Å². The molecule has 13 heavy (non-hydrogen) atoms. The average molecular weight is 264 g/mol. The van der Waals surface area contributed by atoms with Gasteiger partial charge in [0.05, 0.1) is 15.3 Å². The van der Waals surface area contributed by atoms with Crippen molar-refractivity contribution in [3.63, 3.8) is 0 Å². The van der Waals surface area contributed by atoms with Gasteiger partial charge >= 0.3 is 0 Å². The summed E-state index contributed by atoms with van der Waals surface area (Å²) in [5.41, 5.74) is 0. The zero-order valence-corrected chi connectivity index (χ0v) is 9.57. The molecule has 0 fully saturated rings. The Morgan fingerprint density at radius 2 is 2.46 bits per heavy atom. The van der Waals surface area contributed by atoms with Gasteiger partial charge in [-0.15, -0.1) is 11.3 Å². The minimum Gasteiger partial charge on any atom is -0.383 e. The molecule has 3 nitrogen and oxygen atoms in total. The highest BCUT2D eigenvalue weighted by Crippen LogP contribution is 2.21. The van der Waals surface area contributed by atoms with E-state index in [9.17, 15) is 4.79 Å². The summed E-state index contributed by atoms with van der Waals surface area (Å²) < 4.78 is 5.78. The molecule has 0 aliphatic rings. The fourth-order valence-electron chi connectivity index (χ4n) is 0.790. The van der Waals surface area contributed by atoms with E-state index >= 15 is 0 Å². The Morgan fingerprint density at radius 1 is 1.69 bits per heavy atom. The quantitative estimate of drug-likeness (QED) is 0.843. The second-order valence-corrected chi connectivity index (χ2v) is 4.82. The van der Waals surface area contributed by atoms with Crippen molar-refractivity contribution in [1.82, 2.24) is 5.32 Å². The van der Waals surface area contributed by atoms with Crippen LogP contribution in [0.5, 0.6) is 0 Å². The van der Waals surface area contributed by atoms with Crippen molar-refractivity contribution in [3.05, 3.63) is 20.8 Å². The predicted octanol–water partition coefficient (Wildman–Crippen LogP) is 1.89. The molecule has 1 heterocycles. The van der Waals surface area contributed by atoms with Crippen LogP contribution in [0, 0.1) is 0 Å². The van der Waals surface area contributed by atoms with Gasteiger partial charge in [-0.3, -0.25) is 4.79 Å². The number of hydrogen-bond donors (Lipinski definition) is 1. The first kappa shape index (κ1) is 10.7. The second-order valence-electron chi connectivity index (χ2n) is 2.35. The van der Waals surface area contributed by atoms with Gasteiger partial charge in [-0.25, -0.2) is 0 Å². The molecule has 0 aliphatic carbocycles. The van der Waals surface area contributed by atoms with Gasteiger partial charge in [0.25, 0.3) is 5.91 Å². The lowest BCUT2D eigenvalue weighted by atomic mass is 10.4. The zero-order chi connectivity index (χ0) is 9.68. The number of carbonyl (C=O) groups is 1. The summed E-state index contributed by atoms with van der Waals surface area (Å²) in [4.78, 5) is 12.1. The van der Waals surface area contributed by atoms with Gasteiger partial charge in [0, 0.05) is 13.7 Å². The Hall–Kier alpha value is -0.390. The summed E-state index contributed by atoms with van der Waals surface area (Å²) >= 11 is 4.71. The first-order valence-electron chi connectivity index (χ1n) is 3.76. The van der Waals surface area contributed by atoms with Crippen LogP contribution in [0.2, 0.25) is 0 Å². The number of amides is 1. The van der Waals surface area contributed by atoms with Crippen LogP contribution in [-0.2, 0) is 4.74 Å². The molecule has 0 saturated heterocycles. The standard InChI is InChI=1S/C8H10BrNO2S/c1-12-5-4-10-8(11)6-2-3-7(9)13-6/h2-3H,4-5H2,1H3,(H,10,11).